The van der Waals surface area contributed by atoms with Gasteiger partial charge >= 0.3 is 0 Å². The quantitative estimate of drug-likeness (QED) is 0.157. The molecule has 64 heavy (non-hydrogen) atoms. The summed E-state index contributed by atoms with van der Waals surface area (Å²) in [5, 5.41) is 8.53. The van der Waals surface area contributed by atoms with Crippen LogP contribution in [0.2, 0.25) is 0 Å². The number of nitrogens with zero attached hydrogens (tertiary/aromatic N) is 5. The van der Waals surface area contributed by atoms with E-state index >= 15 is 0 Å². The molecule has 4 aromatic heterocycles. The first-order chi connectivity index (χ1) is 31.7. The van der Waals surface area contributed by atoms with Gasteiger partial charge in [0.1, 0.15) is 0 Å². The second kappa shape index (κ2) is 14.7. The molecule has 298 valence electrons. The van der Waals surface area contributed by atoms with E-state index in [-0.39, 0.29) is 0 Å². The van der Waals surface area contributed by atoms with Crippen molar-refractivity contribution >= 4 is 75.0 Å². The smallest absolute Gasteiger partial charge is 0.164 e. The van der Waals surface area contributed by atoms with Crippen LogP contribution < -0.4 is 0 Å². The lowest BCUT2D eigenvalue weighted by Crippen LogP contribution is -2.01. The topological polar surface area (TPSA) is 56.5 Å². The molecular weight excluding hydrogens is 799 g/mol. The van der Waals surface area contributed by atoms with E-state index in [1.54, 1.807) is 0 Å². The van der Waals surface area contributed by atoms with E-state index in [0.717, 1.165) is 66.7 Å². The van der Waals surface area contributed by atoms with Gasteiger partial charge in [0.2, 0.25) is 0 Å². The molecule has 0 radical (unpaired) electrons. The number of aromatic nitrogens is 5. The molecule has 5 nitrogen and oxygen atoms in total. The molecule has 0 bridgehead atoms. The van der Waals surface area contributed by atoms with E-state index in [9.17, 15) is 0 Å². The van der Waals surface area contributed by atoms with Crippen LogP contribution in [-0.2, 0) is 0 Å². The normalized spacial score (nSPS) is 11.8. The van der Waals surface area contributed by atoms with Gasteiger partial charge in [-0.15, -0.1) is 11.3 Å². The molecule has 0 amide bonds. The average Bonchev–Trinajstić information content (AvgIpc) is 3.93. The summed E-state index contributed by atoms with van der Waals surface area (Å²) in [5.41, 5.74) is 11.5. The first kappa shape index (κ1) is 36.3. The highest BCUT2D eigenvalue weighted by atomic mass is 32.1. The highest BCUT2D eigenvalue weighted by Gasteiger charge is 2.19. The van der Waals surface area contributed by atoms with Crippen LogP contribution in [0.15, 0.2) is 212 Å². The number of hydrogen-bond acceptors (Lipinski definition) is 5. The zero-order chi connectivity index (χ0) is 42.1. The molecule has 0 saturated heterocycles. The van der Waals surface area contributed by atoms with Gasteiger partial charge in [-0.2, -0.15) is 0 Å². The maximum atomic E-state index is 5.49. The number of rotatable bonds is 6. The first-order valence-corrected chi connectivity index (χ1v) is 22.3. The van der Waals surface area contributed by atoms with Crippen molar-refractivity contribution in [1.29, 1.82) is 0 Å². The van der Waals surface area contributed by atoms with Crippen LogP contribution >= 0.6 is 11.3 Å². The standard InChI is InChI=1S/C58H35N5S/c1-2-15-38(16-3-1)56-60-57(62-58(61-56)42-19-13-20-43(35-42)63-49-25-9-6-22-45(49)46-23-7-10-26-50(46)63)39-30-28-36(29-31-39)40-17-12-18-41(34-40)53-55-52(47-24-8-11-27-51(47)64-55)48-33-32-37-14-4-5-21-44(37)54(48)59-53/h1-35H. The molecule has 0 fully saturated rings. The van der Waals surface area contributed by atoms with Crippen LogP contribution in [0.3, 0.4) is 0 Å². The van der Waals surface area contributed by atoms with Gasteiger partial charge in [0.05, 0.1) is 26.9 Å². The van der Waals surface area contributed by atoms with Gasteiger partial charge in [0.25, 0.3) is 0 Å². The SMILES string of the molecule is c1ccc(-c2nc(-c3ccc(-c4cccc(-c5nc6c7ccccc7ccc6c6c5sc5ccccc56)c4)cc3)nc(-c3cccc(-n4c5ccccc5c5ccccc54)c3)n2)cc1. The molecule has 0 saturated carbocycles. The highest BCUT2D eigenvalue weighted by Crippen LogP contribution is 2.44. The number of para-hydroxylation sites is 2. The fourth-order valence-corrected chi connectivity index (χ4v) is 10.6. The fraction of sp³-hybridized carbons (Fsp3) is 0. The minimum Gasteiger partial charge on any atom is -0.309 e. The molecule has 6 heteroatoms. The van der Waals surface area contributed by atoms with Gasteiger partial charge < -0.3 is 4.57 Å². The molecule has 9 aromatic carbocycles. The molecular formula is C58H35N5S. The van der Waals surface area contributed by atoms with E-state index in [1.165, 1.54) is 41.7 Å². The number of fused-ring (bicyclic) bond motifs is 10. The molecule has 0 aliphatic carbocycles. The average molecular weight is 834 g/mol. The molecule has 4 heterocycles. The van der Waals surface area contributed by atoms with Crippen LogP contribution in [0.25, 0.3) is 126 Å². The Kier molecular flexibility index (Phi) is 8.32. The molecule has 0 unspecified atom stereocenters. The van der Waals surface area contributed by atoms with E-state index in [2.05, 4.69) is 187 Å². The monoisotopic (exact) mass is 833 g/mol. The van der Waals surface area contributed by atoms with Crippen LogP contribution in [0.4, 0.5) is 0 Å². The van der Waals surface area contributed by atoms with Crippen molar-refractivity contribution < 1.29 is 0 Å². The van der Waals surface area contributed by atoms with E-state index in [4.69, 9.17) is 19.9 Å². The minimum absolute atomic E-state index is 0.617. The number of thiophene rings is 1. The zero-order valence-electron chi connectivity index (χ0n) is 34.4. The third kappa shape index (κ3) is 5.92. The first-order valence-electron chi connectivity index (χ1n) is 21.5. The summed E-state index contributed by atoms with van der Waals surface area (Å²) in [6.07, 6.45) is 0. The third-order valence-electron chi connectivity index (χ3n) is 12.4. The highest BCUT2D eigenvalue weighted by molar-refractivity contribution is 7.26. The molecule has 0 N–H and O–H groups in total. The maximum Gasteiger partial charge on any atom is 0.164 e. The molecule has 0 aliphatic rings. The summed E-state index contributed by atoms with van der Waals surface area (Å²) in [7, 11) is 0. The molecule has 13 aromatic rings. The Balaban J connectivity index is 0.907. The summed E-state index contributed by atoms with van der Waals surface area (Å²) >= 11 is 1.82. The van der Waals surface area contributed by atoms with Crippen molar-refractivity contribution in [3.8, 4) is 62.2 Å². The minimum atomic E-state index is 0.617. The molecule has 0 aliphatic heterocycles. The van der Waals surface area contributed by atoms with Crippen molar-refractivity contribution in [1.82, 2.24) is 24.5 Å². The lowest BCUT2D eigenvalue weighted by atomic mass is 9.97. The number of pyridine rings is 1. The predicted molar refractivity (Wildman–Crippen MR) is 267 cm³/mol. The molecule has 0 atom stereocenters. The lowest BCUT2D eigenvalue weighted by molar-refractivity contribution is 1.07. The van der Waals surface area contributed by atoms with Gasteiger partial charge in [-0.05, 0) is 52.9 Å². The summed E-state index contributed by atoms with van der Waals surface area (Å²) in [6, 6.07) is 74.9. The summed E-state index contributed by atoms with van der Waals surface area (Å²) < 4.78 is 4.79. The third-order valence-corrected chi connectivity index (χ3v) is 13.6. The molecule has 0 spiro atoms. The van der Waals surface area contributed by atoms with Gasteiger partial charge in [0.15, 0.2) is 17.5 Å². The van der Waals surface area contributed by atoms with E-state index in [0.29, 0.717) is 17.5 Å². The summed E-state index contributed by atoms with van der Waals surface area (Å²) in [5.74, 6) is 1.86. The Morgan fingerprint density at radius 1 is 0.344 bits per heavy atom. The van der Waals surface area contributed by atoms with Gasteiger partial charge in [-0.3, -0.25) is 0 Å². The van der Waals surface area contributed by atoms with Crippen molar-refractivity contribution in [3.05, 3.63) is 212 Å². The predicted octanol–water partition coefficient (Wildman–Crippen LogP) is 15.4. The maximum absolute atomic E-state index is 5.49. The Morgan fingerprint density at radius 2 is 0.906 bits per heavy atom. The largest absolute Gasteiger partial charge is 0.309 e. The van der Waals surface area contributed by atoms with Crippen LogP contribution in [0.5, 0.6) is 0 Å². The Labute approximate surface area is 372 Å². The van der Waals surface area contributed by atoms with Crippen molar-refractivity contribution in [2.45, 2.75) is 0 Å². The molecule has 13 rings (SSSR count). The summed E-state index contributed by atoms with van der Waals surface area (Å²) in [4.78, 5) is 20.8. The van der Waals surface area contributed by atoms with Crippen molar-refractivity contribution in [2.75, 3.05) is 0 Å². The van der Waals surface area contributed by atoms with Gasteiger partial charge in [0, 0.05) is 65.0 Å². The Bertz CT molecular complexity index is 3910. The second-order valence-corrected chi connectivity index (χ2v) is 17.2. The van der Waals surface area contributed by atoms with E-state index < -0.39 is 0 Å². The Morgan fingerprint density at radius 3 is 1.67 bits per heavy atom. The lowest BCUT2D eigenvalue weighted by Gasteiger charge is -2.12. The fourth-order valence-electron chi connectivity index (χ4n) is 9.41. The van der Waals surface area contributed by atoms with Gasteiger partial charge in [-0.25, -0.2) is 19.9 Å². The van der Waals surface area contributed by atoms with Crippen molar-refractivity contribution in [2.24, 2.45) is 0 Å². The number of benzene rings is 9. The van der Waals surface area contributed by atoms with E-state index in [1.807, 2.05) is 41.7 Å². The zero-order valence-corrected chi connectivity index (χ0v) is 35.2. The van der Waals surface area contributed by atoms with Gasteiger partial charge in [-0.1, -0.05) is 176 Å². The van der Waals surface area contributed by atoms with Crippen LogP contribution in [-0.4, -0.2) is 24.5 Å². The Hall–Kier alpha value is -8.32. The van der Waals surface area contributed by atoms with Crippen LogP contribution in [0, 0.1) is 0 Å². The van der Waals surface area contributed by atoms with Crippen LogP contribution in [0.1, 0.15) is 0 Å². The summed E-state index contributed by atoms with van der Waals surface area (Å²) in [6.45, 7) is 0. The second-order valence-electron chi connectivity index (χ2n) is 16.2. The number of hydrogen-bond donors (Lipinski definition) is 0. The van der Waals surface area contributed by atoms with Crippen molar-refractivity contribution in [3.63, 3.8) is 0 Å².